The Morgan fingerprint density at radius 2 is 1.95 bits per heavy atom. The van der Waals surface area contributed by atoms with Crippen molar-refractivity contribution in [1.29, 1.82) is 0 Å². The van der Waals surface area contributed by atoms with Crippen LogP contribution in [0.25, 0.3) is 0 Å². The molecule has 1 saturated heterocycles. The van der Waals surface area contributed by atoms with E-state index in [0.717, 1.165) is 0 Å². The highest BCUT2D eigenvalue weighted by Crippen LogP contribution is 2.03. The molecule has 1 heterocycles. The molecule has 0 spiro atoms. The minimum atomic E-state index is -1.09. The van der Waals surface area contributed by atoms with Crippen LogP contribution in [0.4, 0.5) is 0 Å². The topological polar surface area (TPSA) is 132 Å². The van der Waals surface area contributed by atoms with Gasteiger partial charge in [-0.3, -0.25) is 14.9 Å². The number of aliphatic carboxylic acids is 1. The van der Waals surface area contributed by atoms with Crippen molar-refractivity contribution in [2.45, 2.75) is 0 Å². The summed E-state index contributed by atoms with van der Waals surface area (Å²) in [6.07, 6.45) is 1.36. The van der Waals surface area contributed by atoms with Crippen LogP contribution in [0.1, 0.15) is 15.9 Å². The third-order valence-electron chi connectivity index (χ3n) is 2.73. The van der Waals surface area contributed by atoms with E-state index >= 15 is 0 Å². The van der Waals surface area contributed by atoms with Crippen LogP contribution in [0.15, 0.2) is 34.5 Å². The van der Waals surface area contributed by atoms with Crippen LogP contribution >= 0.6 is 0 Å². The maximum Gasteiger partial charge on any atom is 0.335 e. The molecule has 22 heavy (non-hydrogen) atoms. The van der Waals surface area contributed by atoms with E-state index in [-0.39, 0.29) is 30.5 Å². The molecule has 3 N–H and O–H groups in total. The lowest BCUT2D eigenvalue weighted by Crippen LogP contribution is -2.34. The minimum absolute atomic E-state index is 0.0609. The molecule has 114 valence electrons. The van der Waals surface area contributed by atoms with E-state index in [1.165, 1.54) is 23.2 Å². The van der Waals surface area contributed by atoms with Crippen LogP contribution < -0.4 is 5.32 Å². The quantitative estimate of drug-likeness (QED) is 0.500. The molecule has 0 radical (unpaired) electrons. The number of carbonyl (C=O) groups is 3. The predicted molar refractivity (Wildman–Crippen MR) is 75.8 cm³/mol. The van der Waals surface area contributed by atoms with Crippen molar-refractivity contribution in [3.63, 3.8) is 0 Å². The summed E-state index contributed by atoms with van der Waals surface area (Å²) in [6.45, 7) is -0.450. The lowest BCUT2D eigenvalue weighted by molar-refractivity contribution is -0.137. The maximum atomic E-state index is 11.2. The highest BCUT2D eigenvalue weighted by Gasteiger charge is 2.26. The Morgan fingerprint density at radius 3 is 2.55 bits per heavy atom. The van der Waals surface area contributed by atoms with Crippen molar-refractivity contribution in [1.82, 2.24) is 10.2 Å². The molecular weight excluding hydrogens is 292 g/mol. The molecule has 9 heteroatoms. The second-order valence-electron chi connectivity index (χ2n) is 4.39. The Bertz CT molecular complexity index is 666. The molecule has 1 amide bonds. The number of guanidine groups is 1. The summed E-state index contributed by atoms with van der Waals surface area (Å²) in [5, 5.41) is 27.4. The molecule has 2 rings (SSSR count). The summed E-state index contributed by atoms with van der Waals surface area (Å²) in [7, 11) is 0. The summed E-state index contributed by atoms with van der Waals surface area (Å²) >= 11 is 0. The van der Waals surface area contributed by atoms with E-state index in [4.69, 9.17) is 10.2 Å². The molecule has 1 aliphatic heterocycles. The second kappa shape index (κ2) is 6.48. The van der Waals surface area contributed by atoms with E-state index in [9.17, 15) is 14.4 Å². The largest absolute Gasteiger partial charge is 0.480 e. The molecule has 0 saturated carbocycles. The Hall–Kier alpha value is -3.23. The summed E-state index contributed by atoms with van der Waals surface area (Å²) in [5.74, 6) is -2.41. The Morgan fingerprint density at radius 1 is 1.27 bits per heavy atom. The fraction of sp³-hybridized carbons (Fsp3) is 0.154. The molecule has 0 bridgehead atoms. The number of carboxylic acids is 2. The van der Waals surface area contributed by atoms with Gasteiger partial charge in [0, 0.05) is 0 Å². The van der Waals surface area contributed by atoms with Gasteiger partial charge in [-0.25, -0.2) is 4.79 Å². The summed E-state index contributed by atoms with van der Waals surface area (Å²) in [5.41, 5.74) is 0.766. The SMILES string of the molecule is O=C(O)CN1CC(=O)NC1=NN=Cc1ccc(C(=O)O)cc1. The van der Waals surface area contributed by atoms with Crippen molar-refractivity contribution in [2.24, 2.45) is 10.2 Å². The molecule has 0 atom stereocenters. The number of hydrogen-bond donors (Lipinski definition) is 3. The molecule has 1 fully saturated rings. The van der Waals surface area contributed by atoms with Gasteiger partial charge in [-0.15, -0.1) is 5.10 Å². The van der Waals surface area contributed by atoms with Crippen molar-refractivity contribution in [3.8, 4) is 0 Å². The van der Waals surface area contributed by atoms with Gasteiger partial charge >= 0.3 is 11.9 Å². The lowest BCUT2D eigenvalue weighted by Gasteiger charge is -2.11. The zero-order valence-electron chi connectivity index (χ0n) is 11.3. The van der Waals surface area contributed by atoms with Crippen LogP contribution in [0.3, 0.4) is 0 Å². The number of carbonyl (C=O) groups excluding carboxylic acids is 1. The van der Waals surface area contributed by atoms with Gasteiger partial charge in [0.1, 0.15) is 13.1 Å². The first-order valence-electron chi connectivity index (χ1n) is 6.16. The molecule has 0 unspecified atom stereocenters. The molecule has 1 aliphatic rings. The van der Waals surface area contributed by atoms with Gasteiger partial charge in [-0.05, 0) is 17.7 Å². The number of rotatable bonds is 5. The highest BCUT2D eigenvalue weighted by molar-refractivity contribution is 6.05. The van der Waals surface area contributed by atoms with Crippen molar-refractivity contribution in [3.05, 3.63) is 35.4 Å². The van der Waals surface area contributed by atoms with Crippen molar-refractivity contribution in [2.75, 3.05) is 13.1 Å². The van der Waals surface area contributed by atoms with Gasteiger partial charge in [0.2, 0.25) is 11.9 Å². The second-order valence-corrected chi connectivity index (χ2v) is 4.39. The minimum Gasteiger partial charge on any atom is -0.480 e. The van der Waals surface area contributed by atoms with E-state index in [1.807, 2.05) is 0 Å². The zero-order chi connectivity index (χ0) is 16.1. The Balaban J connectivity index is 2.07. The fourth-order valence-electron chi connectivity index (χ4n) is 1.74. The molecule has 1 aromatic rings. The van der Waals surface area contributed by atoms with Gasteiger partial charge in [0.25, 0.3) is 0 Å². The lowest BCUT2D eigenvalue weighted by atomic mass is 10.1. The van der Waals surface area contributed by atoms with Crippen LogP contribution in [0.2, 0.25) is 0 Å². The molecule has 0 aromatic heterocycles. The summed E-state index contributed by atoms with van der Waals surface area (Å²) in [4.78, 5) is 33.9. The highest BCUT2D eigenvalue weighted by atomic mass is 16.4. The third kappa shape index (κ3) is 3.88. The number of benzene rings is 1. The first-order chi connectivity index (χ1) is 10.5. The van der Waals surface area contributed by atoms with Crippen molar-refractivity contribution >= 4 is 30.0 Å². The van der Waals surface area contributed by atoms with Gasteiger partial charge in [0.05, 0.1) is 11.8 Å². The predicted octanol–water partition coefficient (Wildman–Crippen LogP) is -0.409. The van der Waals surface area contributed by atoms with Gasteiger partial charge in [0.15, 0.2) is 0 Å². The average Bonchev–Trinajstić information content (AvgIpc) is 2.78. The van der Waals surface area contributed by atoms with Gasteiger partial charge in [-0.1, -0.05) is 12.1 Å². The van der Waals surface area contributed by atoms with E-state index in [2.05, 4.69) is 15.5 Å². The van der Waals surface area contributed by atoms with Crippen LogP contribution in [-0.4, -0.2) is 58.2 Å². The molecule has 0 aliphatic carbocycles. The smallest absolute Gasteiger partial charge is 0.335 e. The number of amides is 1. The monoisotopic (exact) mass is 304 g/mol. The molecule has 1 aromatic carbocycles. The van der Waals surface area contributed by atoms with Gasteiger partial charge in [-0.2, -0.15) is 5.10 Å². The fourth-order valence-corrected chi connectivity index (χ4v) is 1.74. The molecule has 9 nitrogen and oxygen atoms in total. The molecular formula is C13H12N4O5. The maximum absolute atomic E-state index is 11.2. The van der Waals surface area contributed by atoms with Crippen LogP contribution in [0.5, 0.6) is 0 Å². The van der Waals surface area contributed by atoms with E-state index < -0.39 is 11.9 Å². The third-order valence-corrected chi connectivity index (χ3v) is 2.73. The normalized spacial score (nSPS) is 16.3. The van der Waals surface area contributed by atoms with Crippen LogP contribution in [0, 0.1) is 0 Å². The van der Waals surface area contributed by atoms with E-state index in [0.29, 0.717) is 5.56 Å². The number of hydrogen-bond acceptors (Lipinski definition) is 5. The van der Waals surface area contributed by atoms with Gasteiger partial charge < -0.3 is 15.1 Å². The summed E-state index contributed by atoms with van der Waals surface area (Å²) < 4.78 is 0. The summed E-state index contributed by atoms with van der Waals surface area (Å²) in [6, 6.07) is 5.95. The van der Waals surface area contributed by atoms with Crippen molar-refractivity contribution < 1.29 is 24.6 Å². The number of aromatic carboxylic acids is 1. The number of nitrogens with one attached hydrogen (secondary N) is 1. The Labute approximate surface area is 124 Å². The average molecular weight is 304 g/mol. The first kappa shape index (κ1) is 15.2. The van der Waals surface area contributed by atoms with E-state index in [1.54, 1.807) is 12.1 Å². The van der Waals surface area contributed by atoms with Crippen LogP contribution in [-0.2, 0) is 9.59 Å². The number of nitrogens with zero attached hydrogens (tertiary/aromatic N) is 3. The zero-order valence-corrected chi connectivity index (χ0v) is 11.3. The number of carboxylic acid groups (broad SMARTS) is 2. The Kier molecular flexibility index (Phi) is 4.47. The standard InChI is InChI=1S/C13H12N4O5/c18-10-6-17(7-11(19)20)13(15-10)16-14-5-8-1-3-9(4-2-8)12(21)22/h1-5H,6-7H2,(H,19,20)(H,21,22)(H,15,16,18). The first-order valence-corrected chi connectivity index (χ1v) is 6.16.